The fraction of sp³-hybridized carbons (Fsp3) is 0.625. The predicted octanol–water partition coefficient (Wildman–Crippen LogP) is 2.03. The van der Waals surface area contributed by atoms with Crippen LogP contribution in [0.15, 0.2) is 30.3 Å². The van der Waals surface area contributed by atoms with Crippen LogP contribution in [0.2, 0.25) is 0 Å². The lowest BCUT2D eigenvalue weighted by Gasteiger charge is -2.33. The second-order valence-electron chi connectivity index (χ2n) is 6.00. The number of nitrogens with one attached hydrogen (secondary N) is 1. The molecule has 3 rings (SSSR count). The summed E-state index contributed by atoms with van der Waals surface area (Å²) < 4.78 is 6.17. The normalized spacial score (nSPS) is 26.1. The molecular weight excluding hydrogens is 236 g/mol. The van der Waals surface area contributed by atoms with Gasteiger partial charge in [0.05, 0.1) is 12.2 Å². The van der Waals surface area contributed by atoms with E-state index in [1.807, 2.05) is 0 Å². The van der Waals surface area contributed by atoms with Crippen LogP contribution in [-0.2, 0) is 11.3 Å². The molecule has 2 aliphatic rings. The maximum atomic E-state index is 6.17. The minimum Gasteiger partial charge on any atom is -0.373 e. The van der Waals surface area contributed by atoms with Crippen LogP contribution in [0.3, 0.4) is 0 Å². The van der Waals surface area contributed by atoms with Gasteiger partial charge in [-0.2, -0.15) is 0 Å². The topological polar surface area (TPSA) is 24.5 Å². The molecule has 0 saturated carbocycles. The predicted molar refractivity (Wildman–Crippen MR) is 77.1 cm³/mol. The van der Waals surface area contributed by atoms with E-state index in [1.54, 1.807) is 0 Å². The number of ether oxygens (including phenoxy) is 1. The molecule has 2 fully saturated rings. The molecule has 0 amide bonds. The first-order valence-electron chi connectivity index (χ1n) is 7.36. The second kappa shape index (κ2) is 5.61. The molecule has 104 valence electrons. The Hall–Kier alpha value is -0.900. The maximum Gasteiger partial charge on any atom is 0.0723 e. The van der Waals surface area contributed by atoms with Crippen LogP contribution in [0.1, 0.15) is 24.8 Å². The highest BCUT2D eigenvalue weighted by Gasteiger charge is 2.42. The zero-order chi connectivity index (χ0) is 13.1. The first kappa shape index (κ1) is 13.1. The number of nitrogens with zero attached hydrogens (tertiary/aromatic N) is 1. The molecule has 0 unspecified atom stereocenters. The van der Waals surface area contributed by atoms with Crippen LogP contribution in [0.25, 0.3) is 0 Å². The first-order valence-corrected chi connectivity index (χ1v) is 7.36. The van der Waals surface area contributed by atoms with E-state index >= 15 is 0 Å². The lowest BCUT2D eigenvalue weighted by molar-refractivity contribution is -0.0201. The third-order valence-electron chi connectivity index (χ3n) is 4.60. The highest BCUT2D eigenvalue weighted by molar-refractivity contribution is 5.14. The van der Waals surface area contributed by atoms with Gasteiger partial charge in [-0.1, -0.05) is 30.3 Å². The van der Waals surface area contributed by atoms with E-state index in [-0.39, 0.29) is 5.60 Å². The fourth-order valence-electron chi connectivity index (χ4n) is 3.33. The summed E-state index contributed by atoms with van der Waals surface area (Å²) in [6, 6.07) is 11.3. The standard InChI is InChI=1S/C16H24N2O/c1-18(12-14-5-3-2-4-6-14)15-11-16(19-13-15)7-9-17-10-8-16/h2-6,15,17H,7-13H2,1H3/t15-/m1/s1. The van der Waals surface area contributed by atoms with Crippen molar-refractivity contribution < 1.29 is 4.74 Å². The van der Waals surface area contributed by atoms with Crippen molar-refractivity contribution in [1.29, 1.82) is 0 Å². The average Bonchev–Trinajstić information content (AvgIpc) is 2.85. The zero-order valence-electron chi connectivity index (χ0n) is 11.8. The van der Waals surface area contributed by atoms with Crippen molar-refractivity contribution in [3.63, 3.8) is 0 Å². The number of benzene rings is 1. The molecule has 0 aromatic heterocycles. The van der Waals surface area contributed by atoms with Crippen molar-refractivity contribution in [2.45, 2.75) is 37.5 Å². The summed E-state index contributed by atoms with van der Waals surface area (Å²) in [5.41, 5.74) is 1.55. The SMILES string of the molecule is CN(Cc1ccccc1)[C@H]1COC2(CCNCC2)C1. The quantitative estimate of drug-likeness (QED) is 0.900. The monoisotopic (exact) mass is 260 g/mol. The Bertz CT molecular complexity index is 400. The number of likely N-dealkylation sites (N-methyl/N-ethyl adjacent to an activating group) is 1. The van der Waals surface area contributed by atoms with Crippen molar-refractivity contribution in [2.75, 3.05) is 26.7 Å². The molecule has 2 saturated heterocycles. The van der Waals surface area contributed by atoms with Gasteiger partial charge in [0.15, 0.2) is 0 Å². The van der Waals surface area contributed by atoms with Crippen molar-refractivity contribution in [3.05, 3.63) is 35.9 Å². The van der Waals surface area contributed by atoms with Crippen molar-refractivity contribution >= 4 is 0 Å². The molecule has 1 atom stereocenters. The highest BCUT2D eigenvalue weighted by Crippen LogP contribution is 2.35. The summed E-state index contributed by atoms with van der Waals surface area (Å²) in [4.78, 5) is 2.45. The Morgan fingerprint density at radius 1 is 1.26 bits per heavy atom. The van der Waals surface area contributed by atoms with E-state index in [9.17, 15) is 0 Å². The van der Waals surface area contributed by atoms with Gasteiger partial charge in [-0.05, 0) is 45.0 Å². The van der Waals surface area contributed by atoms with Gasteiger partial charge in [0.2, 0.25) is 0 Å². The van der Waals surface area contributed by atoms with Crippen molar-refractivity contribution in [2.24, 2.45) is 0 Å². The van der Waals surface area contributed by atoms with E-state index in [1.165, 1.54) is 24.8 Å². The summed E-state index contributed by atoms with van der Waals surface area (Å²) in [5.74, 6) is 0. The van der Waals surface area contributed by atoms with Gasteiger partial charge in [-0.15, -0.1) is 0 Å². The first-order chi connectivity index (χ1) is 9.27. The molecule has 2 heterocycles. The van der Waals surface area contributed by atoms with Crippen LogP contribution in [0.5, 0.6) is 0 Å². The lowest BCUT2D eigenvalue weighted by Crippen LogP contribution is -2.42. The van der Waals surface area contributed by atoms with Crippen LogP contribution >= 0.6 is 0 Å². The number of piperidine rings is 1. The molecule has 19 heavy (non-hydrogen) atoms. The second-order valence-corrected chi connectivity index (χ2v) is 6.00. The molecule has 1 spiro atoms. The minimum absolute atomic E-state index is 0.168. The van der Waals surface area contributed by atoms with Crippen LogP contribution < -0.4 is 5.32 Å². The average molecular weight is 260 g/mol. The Labute approximate surface area is 115 Å². The van der Waals surface area contributed by atoms with Crippen molar-refractivity contribution in [3.8, 4) is 0 Å². The minimum atomic E-state index is 0.168. The third-order valence-corrected chi connectivity index (χ3v) is 4.60. The van der Waals surface area contributed by atoms with Gasteiger partial charge < -0.3 is 10.1 Å². The molecule has 3 nitrogen and oxygen atoms in total. The molecule has 1 N–H and O–H groups in total. The Morgan fingerprint density at radius 2 is 2.00 bits per heavy atom. The van der Waals surface area contributed by atoms with Gasteiger partial charge in [0.1, 0.15) is 0 Å². The van der Waals surface area contributed by atoms with E-state index in [4.69, 9.17) is 4.74 Å². The van der Waals surface area contributed by atoms with Gasteiger partial charge in [-0.25, -0.2) is 0 Å². The summed E-state index contributed by atoms with van der Waals surface area (Å²) >= 11 is 0. The number of hydrogen-bond acceptors (Lipinski definition) is 3. The molecule has 1 aromatic rings. The summed E-state index contributed by atoms with van der Waals surface area (Å²) in [6.45, 7) is 4.12. The van der Waals surface area contributed by atoms with Crippen LogP contribution in [-0.4, -0.2) is 43.3 Å². The van der Waals surface area contributed by atoms with Gasteiger partial charge in [-0.3, -0.25) is 4.90 Å². The lowest BCUT2D eigenvalue weighted by atomic mass is 9.88. The van der Waals surface area contributed by atoms with E-state index < -0.39 is 0 Å². The molecule has 0 radical (unpaired) electrons. The summed E-state index contributed by atoms with van der Waals surface area (Å²) in [7, 11) is 2.22. The molecule has 0 bridgehead atoms. The largest absolute Gasteiger partial charge is 0.373 e. The fourth-order valence-corrected chi connectivity index (χ4v) is 3.33. The van der Waals surface area contributed by atoms with Crippen molar-refractivity contribution in [1.82, 2.24) is 10.2 Å². The highest BCUT2D eigenvalue weighted by atomic mass is 16.5. The Kier molecular flexibility index (Phi) is 3.87. The smallest absolute Gasteiger partial charge is 0.0723 e. The number of hydrogen-bond donors (Lipinski definition) is 1. The summed E-state index contributed by atoms with van der Waals surface area (Å²) in [5, 5.41) is 3.43. The van der Waals surface area contributed by atoms with Gasteiger partial charge in [0.25, 0.3) is 0 Å². The molecule has 1 aromatic carbocycles. The maximum absolute atomic E-state index is 6.17. The van der Waals surface area contributed by atoms with Crippen LogP contribution in [0.4, 0.5) is 0 Å². The van der Waals surface area contributed by atoms with Gasteiger partial charge in [0, 0.05) is 12.6 Å². The molecular formula is C16H24N2O. The van der Waals surface area contributed by atoms with Gasteiger partial charge >= 0.3 is 0 Å². The zero-order valence-corrected chi connectivity index (χ0v) is 11.8. The molecule has 2 aliphatic heterocycles. The Morgan fingerprint density at radius 3 is 2.74 bits per heavy atom. The van der Waals surface area contributed by atoms with E-state index in [0.29, 0.717) is 6.04 Å². The number of rotatable bonds is 3. The van der Waals surface area contributed by atoms with E-state index in [0.717, 1.165) is 26.2 Å². The van der Waals surface area contributed by atoms with Crippen LogP contribution in [0, 0.1) is 0 Å². The van der Waals surface area contributed by atoms with E-state index in [2.05, 4.69) is 47.6 Å². The molecule has 0 aliphatic carbocycles. The third kappa shape index (κ3) is 2.99. The molecule has 3 heteroatoms. The Balaban J connectivity index is 1.58. The summed E-state index contributed by atoms with van der Waals surface area (Å²) in [6.07, 6.45) is 3.53.